The number of nitrogens with zero attached hydrogens (tertiary/aromatic N) is 2. The lowest BCUT2D eigenvalue weighted by molar-refractivity contribution is -0.149. The van der Waals surface area contributed by atoms with E-state index in [2.05, 4.69) is 10.6 Å². The number of carboxylic acid groups (broad SMARTS) is 1. The van der Waals surface area contributed by atoms with E-state index in [4.69, 9.17) is 0 Å². The average Bonchev–Trinajstić information content (AvgIpc) is 3.60. The van der Waals surface area contributed by atoms with Gasteiger partial charge < -0.3 is 30.6 Å². The van der Waals surface area contributed by atoms with E-state index in [9.17, 15) is 29.4 Å². The molecular formula is C24H32N4O6. The Balaban J connectivity index is 1.51. The molecule has 3 aliphatic rings. The second-order valence-corrected chi connectivity index (χ2v) is 9.30. The molecule has 3 aliphatic heterocycles. The molecule has 184 valence electrons. The van der Waals surface area contributed by atoms with Gasteiger partial charge in [0.15, 0.2) is 0 Å². The van der Waals surface area contributed by atoms with Crippen LogP contribution in [0.25, 0.3) is 0 Å². The fraction of sp³-hybridized carbons (Fsp3) is 0.583. The molecule has 3 fully saturated rings. The molecule has 4 N–H and O–H groups in total. The van der Waals surface area contributed by atoms with Gasteiger partial charge in [-0.1, -0.05) is 12.1 Å². The molecule has 1 aromatic rings. The van der Waals surface area contributed by atoms with Gasteiger partial charge in [0.05, 0.1) is 6.04 Å². The quantitative estimate of drug-likeness (QED) is 0.446. The highest BCUT2D eigenvalue weighted by atomic mass is 16.4. The minimum absolute atomic E-state index is 0.0814. The molecule has 10 heteroatoms. The predicted octanol–water partition coefficient (Wildman–Crippen LogP) is 0.238. The van der Waals surface area contributed by atoms with Crippen LogP contribution < -0.4 is 10.6 Å². The van der Waals surface area contributed by atoms with Crippen LogP contribution >= 0.6 is 0 Å². The summed E-state index contributed by atoms with van der Waals surface area (Å²) in [7, 11) is 0. The normalized spacial score (nSPS) is 25.4. The van der Waals surface area contributed by atoms with Gasteiger partial charge in [-0.2, -0.15) is 0 Å². The fourth-order valence-electron chi connectivity index (χ4n) is 5.22. The molecule has 3 heterocycles. The van der Waals surface area contributed by atoms with Crippen molar-refractivity contribution in [3.05, 3.63) is 29.8 Å². The summed E-state index contributed by atoms with van der Waals surface area (Å²) in [6.07, 6.45) is 4.01. The van der Waals surface area contributed by atoms with Gasteiger partial charge in [0.2, 0.25) is 17.7 Å². The van der Waals surface area contributed by atoms with E-state index in [1.165, 1.54) is 17.0 Å². The number of rotatable bonds is 7. The molecular weight excluding hydrogens is 440 g/mol. The van der Waals surface area contributed by atoms with Gasteiger partial charge in [-0.3, -0.25) is 14.4 Å². The summed E-state index contributed by atoms with van der Waals surface area (Å²) in [6, 6.07) is 3.52. The molecule has 0 saturated carbocycles. The minimum Gasteiger partial charge on any atom is -0.508 e. The number of carboxylic acids is 1. The highest BCUT2D eigenvalue weighted by molar-refractivity contribution is 5.94. The molecule has 0 aliphatic carbocycles. The molecule has 4 rings (SSSR count). The summed E-state index contributed by atoms with van der Waals surface area (Å²) in [5.74, 6) is -1.90. The summed E-state index contributed by atoms with van der Waals surface area (Å²) in [6.45, 7) is 1.60. The minimum atomic E-state index is -1.06. The predicted molar refractivity (Wildman–Crippen MR) is 122 cm³/mol. The topological polar surface area (TPSA) is 139 Å². The van der Waals surface area contributed by atoms with Crippen molar-refractivity contribution in [3.63, 3.8) is 0 Å². The molecule has 0 aromatic heterocycles. The van der Waals surface area contributed by atoms with Crippen LogP contribution in [0.3, 0.4) is 0 Å². The van der Waals surface area contributed by atoms with Crippen LogP contribution in [0.2, 0.25) is 0 Å². The maximum atomic E-state index is 13.4. The zero-order valence-electron chi connectivity index (χ0n) is 19.1. The van der Waals surface area contributed by atoms with Crippen LogP contribution in [0.5, 0.6) is 5.75 Å². The molecule has 3 amide bonds. The number of phenolic OH excluding ortho intramolecular Hbond substituents is 1. The van der Waals surface area contributed by atoms with Crippen LogP contribution in [0.1, 0.15) is 44.1 Å². The van der Waals surface area contributed by atoms with Crippen LogP contribution in [-0.2, 0) is 25.6 Å². The lowest BCUT2D eigenvalue weighted by Crippen LogP contribution is -2.57. The Bertz CT molecular complexity index is 930. The number of hydrogen-bond acceptors (Lipinski definition) is 6. The van der Waals surface area contributed by atoms with Crippen molar-refractivity contribution in [2.24, 2.45) is 0 Å². The number of likely N-dealkylation sites (tertiary alicyclic amines) is 2. The third kappa shape index (κ3) is 5.16. The molecule has 10 nitrogen and oxygen atoms in total. The van der Waals surface area contributed by atoms with Crippen molar-refractivity contribution < 1.29 is 29.4 Å². The average molecular weight is 473 g/mol. The maximum Gasteiger partial charge on any atom is 0.326 e. The van der Waals surface area contributed by atoms with Crippen LogP contribution in [0.4, 0.5) is 0 Å². The van der Waals surface area contributed by atoms with Gasteiger partial charge in [-0.25, -0.2) is 4.79 Å². The Kier molecular flexibility index (Phi) is 7.35. The fourth-order valence-corrected chi connectivity index (χ4v) is 5.22. The molecule has 4 unspecified atom stereocenters. The van der Waals surface area contributed by atoms with Crippen molar-refractivity contribution >= 4 is 23.7 Å². The van der Waals surface area contributed by atoms with Crippen molar-refractivity contribution in [3.8, 4) is 5.75 Å². The standard InChI is InChI=1S/C24H32N4O6/c29-16-9-7-15(8-10-16)14-18(23(32)28-13-3-6-20(28)24(33)34)26-21(30)19-5-2-12-27(19)22(31)17-4-1-11-25-17/h7-10,17-20,25,29H,1-6,11-14H2,(H,26,30)(H,33,34). The van der Waals surface area contributed by atoms with E-state index in [0.717, 1.165) is 24.9 Å². The number of aliphatic carboxylic acids is 1. The summed E-state index contributed by atoms with van der Waals surface area (Å²) in [5.41, 5.74) is 0.719. The molecule has 3 saturated heterocycles. The smallest absolute Gasteiger partial charge is 0.326 e. The Morgan fingerprint density at radius 1 is 0.971 bits per heavy atom. The third-order valence-electron chi connectivity index (χ3n) is 7.01. The Hall–Kier alpha value is -3.14. The van der Waals surface area contributed by atoms with Gasteiger partial charge >= 0.3 is 5.97 Å². The molecule has 0 bridgehead atoms. The number of carbonyl (C=O) groups is 4. The maximum absolute atomic E-state index is 13.4. The second-order valence-electron chi connectivity index (χ2n) is 9.30. The van der Waals surface area contributed by atoms with Gasteiger partial charge in [0.1, 0.15) is 23.9 Å². The van der Waals surface area contributed by atoms with Crippen molar-refractivity contribution in [2.45, 2.75) is 69.1 Å². The summed E-state index contributed by atoms with van der Waals surface area (Å²) in [4.78, 5) is 54.3. The van der Waals surface area contributed by atoms with Crippen LogP contribution in [-0.4, -0.2) is 87.5 Å². The Morgan fingerprint density at radius 3 is 2.29 bits per heavy atom. The van der Waals surface area contributed by atoms with Gasteiger partial charge in [-0.05, 0) is 62.8 Å². The van der Waals surface area contributed by atoms with Crippen molar-refractivity contribution in [2.75, 3.05) is 19.6 Å². The Morgan fingerprint density at radius 2 is 1.65 bits per heavy atom. The van der Waals surface area contributed by atoms with E-state index < -0.39 is 35.9 Å². The Labute approximate surface area is 198 Å². The largest absolute Gasteiger partial charge is 0.508 e. The SMILES string of the molecule is O=C(O)C1CCCN1C(=O)C(Cc1ccc(O)cc1)NC(=O)C1CCCN1C(=O)C1CCCN1. The van der Waals surface area contributed by atoms with E-state index in [-0.39, 0.29) is 24.1 Å². The first kappa shape index (κ1) is 24.0. The third-order valence-corrected chi connectivity index (χ3v) is 7.01. The zero-order valence-corrected chi connectivity index (χ0v) is 19.1. The highest BCUT2D eigenvalue weighted by Gasteiger charge is 2.41. The molecule has 1 aromatic carbocycles. The van der Waals surface area contributed by atoms with Gasteiger partial charge in [-0.15, -0.1) is 0 Å². The molecule has 34 heavy (non-hydrogen) atoms. The number of phenols is 1. The summed E-state index contributed by atoms with van der Waals surface area (Å²) >= 11 is 0. The zero-order chi connectivity index (χ0) is 24.2. The highest BCUT2D eigenvalue weighted by Crippen LogP contribution is 2.23. The van der Waals surface area contributed by atoms with Crippen LogP contribution in [0.15, 0.2) is 24.3 Å². The number of amides is 3. The van der Waals surface area contributed by atoms with E-state index in [1.54, 1.807) is 17.0 Å². The van der Waals surface area contributed by atoms with Crippen molar-refractivity contribution in [1.29, 1.82) is 0 Å². The number of hydrogen-bond donors (Lipinski definition) is 4. The lowest BCUT2D eigenvalue weighted by atomic mass is 10.0. The summed E-state index contributed by atoms with van der Waals surface area (Å²) < 4.78 is 0. The molecule has 0 radical (unpaired) electrons. The number of nitrogens with one attached hydrogen (secondary N) is 2. The molecule has 0 spiro atoms. The van der Waals surface area contributed by atoms with Crippen LogP contribution in [0, 0.1) is 0 Å². The second kappa shape index (κ2) is 10.4. The first-order valence-corrected chi connectivity index (χ1v) is 12.0. The number of benzene rings is 1. The number of carbonyl (C=O) groups excluding carboxylic acids is 3. The van der Waals surface area contributed by atoms with E-state index >= 15 is 0 Å². The first-order chi connectivity index (χ1) is 16.3. The summed E-state index contributed by atoms with van der Waals surface area (Å²) in [5, 5.41) is 25.1. The van der Waals surface area contributed by atoms with Gasteiger partial charge in [0.25, 0.3) is 0 Å². The molecule has 4 atom stereocenters. The first-order valence-electron chi connectivity index (χ1n) is 12.0. The number of aromatic hydroxyl groups is 1. The van der Waals surface area contributed by atoms with E-state index in [1.807, 2.05) is 0 Å². The monoisotopic (exact) mass is 472 g/mol. The lowest BCUT2D eigenvalue weighted by Gasteiger charge is -2.30. The van der Waals surface area contributed by atoms with Gasteiger partial charge in [0, 0.05) is 19.5 Å². The van der Waals surface area contributed by atoms with E-state index in [0.29, 0.717) is 38.8 Å². The van der Waals surface area contributed by atoms with Crippen molar-refractivity contribution in [1.82, 2.24) is 20.4 Å².